The van der Waals surface area contributed by atoms with E-state index in [1.165, 1.54) is 4.90 Å². The first-order valence-corrected chi connectivity index (χ1v) is 5.89. The van der Waals surface area contributed by atoms with E-state index in [1.54, 1.807) is 0 Å². The molecule has 18 heavy (non-hydrogen) atoms. The highest BCUT2D eigenvalue weighted by atomic mass is 16.6. The number of rotatable bonds is 3. The number of ketones is 1. The molecule has 2 N–H and O–H groups in total. The minimum Gasteiger partial charge on any atom is -0.445 e. The summed E-state index contributed by atoms with van der Waals surface area (Å²) >= 11 is 0. The first-order valence-electron chi connectivity index (χ1n) is 5.89. The molecular formula is C13H16N2O3. The number of carbonyl (C=O) groups excluding carboxylic acids is 2. The Kier molecular flexibility index (Phi) is 3.94. The standard InChI is InChI=1S/C13H16N2O3/c14-6-11-7-15(8-12(11)16)13(17)18-9-10-4-2-1-3-5-10/h1-5,11H,6-9,14H2. The summed E-state index contributed by atoms with van der Waals surface area (Å²) in [4.78, 5) is 24.6. The number of carbonyl (C=O) groups is 2. The van der Waals surface area contributed by atoms with Crippen molar-refractivity contribution in [3.63, 3.8) is 0 Å². The molecule has 0 aromatic heterocycles. The topological polar surface area (TPSA) is 72.6 Å². The lowest BCUT2D eigenvalue weighted by molar-refractivity contribution is -0.119. The van der Waals surface area contributed by atoms with Gasteiger partial charge < -0.3 is 15.4 Å². The summed E-state index contributed by atoms with van der Waals surface area (Å²) in [6, 6.07) is 9.42. The van der Waals surface area contributed by atoms with Crippen molar-refractivity contribution in [2.75, 3.05) is 19.6 Å². The van der Waals surface area contributed by atoms with Crippen molar-refractivity contribution in [2.45, 2.75) is 6.61 Å². The van der Waals surface area contributed by atoms with Crippen LogP contribution < -0.4 is 5.73 Å². The maximum Gasteiger partial charge on any atom is 0.410 e. The van der Waals surface area contributed by atoms with Gasteiger partial charge in [-0.3, -0.25) is 4.79 Å². The molecular weight excluding hydrogens is 232 g/mol. The van der Waals surface area contributed by atoms with Crippen LogP contribution in [0.1, 0.15) is 5.56 Å². The molecule has 5 nitrogen and oxygen atoms in total. The van der Waals surface area contributed by atoms with Gasteiger partial charge in [0.1, 0.15) is 6.61 Å². The van der Waals surface area contributed by atoms with E-state index >= 15 is 0 Å². The second-order valence-corrected chi connectivity index (χ2v) is 4.32. The van der Waals surface area contributed by atoms with Gasteiger partial charge in [0.25, 0.3) is 0 Å². The first kappa shape index (κ1) is 12.6. The van der Waals surface area contributed by atoms with Gasteiger partial charge in [-0.25, -0.2) is 4.79 Å². The largest absolute Gasteiger partial charge is 0.445 e. The van der Waals surface area contributed by atoms with Crippen molar-refractivity contribution in [2.24, 2.45) is 11.7 Å². The van der Waals surface area contributed by atoms with Gasteiger partial charge >= 0.3 is 6.09 Å². The van der Waals surface area contributed by atoms with Crippen molar-refractivity contribution in [1.82, 2.24) is 4.90 Å². The lowest BCUT2D eigenvalue weighted by Crippen LogP contribution is -2.30. The Balaban J connectivity index is 1.84. The normalized spacial score (nSPS) is 19.1. The summed E-state index contributed by atoms with van der Waals surface area (Å²) in [5, 5.41) is 0. The molecule has 1 saturated heterocycles. The van der Waals surface area contributed by atoms with Crippen LogP contribution in [0.3, 0.4) is 0 Å². The van der Waals surface area contributed by atoms with Gasteiger partial charge in [-0.15, -0.1) is 0 Å². The van der Waals surface area contributed by atoms with Crippen LogP contribution in [0.4, 0.5) is 4.79 Å². The van der Waals surface area contributed by atoms with Crippen LogP contribution in [0.25, 0.3) is 0 Å². The highest BCUT2D eigenvalue weighted by Crippen LogP contribution is 2.13. The van der Waals surface area contributed by atoms with Gasteiger partial charge in [0, 0.05) is 19.0 Å². The van der Waals surface area contributed by atoms with Gasteiger partial charge in [0.05, 0.1) is 6.54 Å². The van der Waals surface area contributed by atoms with Gasteiger partial charge in [0.15, 0.2) is 5.78 Å². The number of ether oxygens (including phenoxy) is 1. The average Bonchev–Trinajstić information content (AvgIpc) is 2.78. The van der Waals surface area contributed by atoms with Crippen molar-refractivity contribution >= 4 is 11.9 Å². The summed E-state index contributed by atoms with van der Waals surface area (Å²) in [6.07, 6.45) is -0.455. The number of benzene rings is 1. The minimum absolute atomic E-state index is 0.00848. The number of nitrogens with two attached hydrogens (primary N) is 1. The molecule has 96 valence electrons. The molecule has 1 aliphatic rings. The fourth-order valence-corrected chi connectivity index (χ4v) is 1.91. The van der Waals surface area contributed by atoms with Gasteiger partial charge in [-0.2, -0.15) is 0 Å². The van der Waals surface area contributed by atoms with Crippen molar-refractivity contribution in [3.8, 4) is 0 Å². The third-order valence-electron chi connectivity index (χ3n) is 2.99. The number of amides is 1. The van der Waals surface area contributed by atoms with Gasteiger partial charge in [-0.05, 0) is 5.56 Å². The van der Waals surface area contributed by atoms with Crippen molar-refractivity contribution in [1.29, 1.82) is 0 Å². The van der Waals surface area contributed by atoms with E-state index in [-0.39, 0.29) is 31.4 Å². The van der Waals surface area contributed by atoms with Crippen LogP contribution in [0.15, 0.2) is 30.3 Å². The molecule has 0 radical (unpaired) electrons. The molecule has 1 aliphatic heterocycles. The Morgan fingerprint density at radius 2 is 2.11 bits per heavy atom. The number of hydrogen-bond acceptors (Lipinski definition) is 4. The van der Waals surface area contributed by atoms with E-state index < -0.39 is 6.09 Å². The van der Waals surface area contributed by atoms with Crippen molar-refractivity contribution < 1.29 is 14.3 Å². The van der Waals surface area contributed by atoms with Crippen LogP contribution >= 0.6 is 0 Å². The summed E-state index contributed by atoms with van der Waals surface area (Å²) in [6.45, 7) is 0.970. The van der Waals surface area contributed by atoms with Crippen LogP contribution in [-0.4, -0.2) is 36.4 Å². The second kappa shape index (κ2) is 5.64. The molecule has 2 rings (SSSR count). The molecule has 1 fully saturated rings. The quantitative estimate of drug-likeness (QED) is 0.858. The van der Waals surface area contributed by atoms with E-state index in [0.29, 0.717) is 6.54 Å². The third kappa shape index (κ3) is 2.87. The van der Waals surface area contributed by atoms with Crippen LogP contribution in [0.5, 0.6) is 0 Å². The number of likely N-dealkylation sites (tertiary alicyclic amines) is 1. The smallest absolute Gasteiger partial charge is 0.410 e. The Hall–Kier alpha value is -1.88. The van der Waals surface area contributed by atoms with E-state index in [9.17, 15) is 9.59 Å². The maximum atomic E-state index is 11.7. The van der Waals surface area contributed by atoms with Crippen LogP contribution in [0, 0.1) is 5.92 Å². The average molecular weight is 248 g/mol. The van der Waals surface area contributed by atoms with E-state index in [0.717, 1.165) is 5.56 Å². The highest BCUT2D eigenvalue weighted by Gasteiger charge is 2.33. The number of hydrogen-bond donors (Lipinski definition) is 1. The SMILES string of the molecule is NCC1CN(C(=O)OCc2ccccc2)CC1=O. The van der Waals surface area contributed by atoms with Gasteiger partial charge in [0.2, 0.25) is 0 Å². The second-order valence-electron chi connectivity index (χ2n) is 4.32. The predicted molar refractivity (Wildman–Crippen MR) is 65.8 cm³/mol. The maximum absolute atomic E-state index is 11.7. The third-order valence-corrected chi connectivity index (χ3v) is 2.99. The summed E-state index contributed by atoms with van der Waals surface area (Å²) < 4.78 is 5.15. The lowest BCUT2D eigenvalue weighted by Gasteiger charge is -2.15. The van der Waals surface area contributed by atoms with E-state index in [2.05, 4.69) is 0 Å². The predicted octanol–water partition coefficient (Wildman–Crippen LogP) is 0.783. The van der Waals surface area contributed by atoms with E-state index in [4.69, 9.17) is 10.5 Å². The summed E-state index contributed by atoms with van der Waals surface area (Å²) in [5.74, 6) is -0.233. The molecule has 5 heteroatoms. The zero-order valence-electron chi connectivity index (χ0n) is 10.0. The Morgan fingerprint density at radius 3 is 2.72 bits per heavy atom. The molecule has 0 bridgehead atoms. The highest BCUT2D eigenvalue weighted by molar-refractivity contribution is 5.89. The zero-order chi connectivity index (χ0) is 13.0. The molecule has 1 amide bonds. The molecule has 1 atom stereocenters. The fraction of sp³-hybridized carbons (Fsp3) is 0.385. The van der Waals surface area contributed by atoms with Crippen LogP contribution in [-0.2, 0) is 16.1 Å². The first-order chi connectivity index (χ1) is 8.70. The molecule has 0 aliphatic carbocycles. The van der Waals surface area contributed by atoms with Crippen molar-refractivity contribution in [3.05, 3.63) is 35.9 Å². The van der Waals surface area contributed by atoms with E-state index in [1.807, 2.05) is 30.3 Å². The molecule has 0 spiro atoms. The minimum atomic E-state index is -0.455. The summed E-state index contributed by atoms with van der Waals surface area (Å²) in [7, 11) is 0. The van der Waals surface area contributed by atoms with Crippen LogP contribution in [0.2, 0.25) is 0 Å². The lowest BCUT2D eigenvalue weighted by atomic mass is 10.1. The monoisotopic (exact) mass is 248 g/mol. The fourth-order valence-electron chi connectivity index (χ4n) is 1.91. The summed E-state index contributed by atoms with van der Waals surface area (Å²) in [5.41, 5.74) is 6.37. The molecule has 0 saturated carbocycles. The molecule has 1 aromatic rings. The Morgan fingerprint density at radius 1 is 1.39 bits per heavy atom. The van der Waals surface area contributed by atoms with Gasteiger partial charge in [-0.1, -0.05) is 30.3 Å². The Bertz CT molecular complexity index is 433. The zero-order valence-corrected chi connectivity index (χ0v) is 10.0. The molecule has 1 aromatic carbocycles. The number of nitrogens with zero attached hydrogens (tertiary/aromatic N) is 1. The Labute approximate surface area is 106 Å². The molecule has 1 unspecified atom stereocenters. The number of Topliss-reactive ketones (excluding diaryl/α,β-unsaturated/α-hetero) is 1. The molecule has 1 heterocycles.